The van der Waals surface area contributed by atoms with Crippen molar-refractivity contribution in [2.75, 3.05) is 44.6 Å². The maximum Gasteiger partial charge on any atom is 0.243 e. The van der Waals surface area contributed by atoms with Crippen LogP contribution in [0.15, 0.2) is 22.7 Å². The predicted octanol–water partition coefficient (Wildman–Crippen LogP) is 0.976. The number of nitrogens with zero attached hydrogens (tertiary/aromatic N) is 2. The molecule has 2 rings (SSSR count). The molecule has 0 aromatic heterocycles. The third kappa shape index (κ3) is 6.13. The lowest BCUT2D eigenvalue weighted by molar-refractivity contribution is -0.131. The van der Waals surface area contributed by atoms with E-state index in [-0.39, 0.29) is 30.8 Å². The van der Waals surface area contributed by atoms with Crippen LogP contribution in [0.4, 0.5) is 5.69 Å². The molecule has 8 heteroatoms. The van der Waals surface area contributed by atoms with Crippen LogP contribution in [0.2, 0.25) is 0 Å². The number of hydrogen-bond donors (Lipinski definition) is 2. The highest BCUT2D eigenvalue weighted by molar-refractivity contribution is 9.10. The topological polar surface area (TPSA) is 81.8 Å². The molecule has 1 aliphatic heterocycles. The molecule has 3 amide bonds. The number of piperazine rings is 1. The van der Waals surface area contributed by atoms with E-state index in [4.69, 9.17) is 0 Å². The first-order chi connectivity index (χ1) is 11.8. The lowest BCUT2D eigenvalue weighted by Gasteiger charge is -2.33. The van der Waals surface area contributed by atoms with Gasteiger partial charge < -0.3 is 15.5 Å². The van der Waals surface area contributed by atoms with Crippen molar-refractivity contribution in [3.8, 4) is 0 Å². The quantitative estimate of drug-likeness (QED) is 0.757. The standard InChI is InChI=1S/C17H23BrN4O3/c1-12-9-14(18)3-4-15(12)20-16(24)10-19-17(25)11-21-5-7-22(8-6-21)13(2)23/h3-4,9H,5-8,10-11H2,1-2H3,(H,19,25)(H,20,24). The van der Waals surface area contributed by atoms with Crippen molar-refractivity contribution in [3.63, 3.8) is 0 Å². The van der Waals surface area contributed by atoms with Gasteiger partial charge in [0.2, 0.25) is 17.7 Å². The summed E-state index contributed by atoms with van der Waals surface area (Å²) < 4.78 is 0.946. The number of benzene rings is 1. The average Bonchev–Trinajstić information content (AvgIpc) is 2.56. The van der Waals surface area contributed by atoms with Crippen molar-refractivity contribution < 1.29 is 14.4 Å². The fourth-order valence-corrected chi connectivity index (χ4v) is 3.10. The highest BCUT2D eigenvalue weighted by Gasteiger charge is 2.20. The molecule has 2 N–H and O–H groups in total. The first-order valence-corrected chi connectivity index (χ1v) is 8.95. The third-order valence-corrected chi connectivity index (χ3v) is 4.59. The Morgan fingerprint density at radius 1 is 1.12 bits per heavy atom. The van der Waals surface area contributed by atoms with Crippen molar-refractivity contribution in [2.24, 2.45) is 0 Å². The van der Waals surface area contributed by atoms with E-state index in [9.17, 15) is 14.4 Å². The van der Waals surface area contributed by atoms with Crippen LogP contribution in [0, 0.1) is 6.92 Å². The monoisotopic (exact) mass is 410 g/mol. The van der Waals surface area contributed by atoms with Gasteiger partial charge in [0.15, 0.2) is 0 Å². The lowest BCUT2D eigenvalue weighted by Crippen LogP contribution is -2.51. The van der Waals surface area contributed by atoms with Gasteiger partial charge >= 0.3 is 0 Å². The molecule has 1 aromatic rings. The first kappa shape index (κ1) is 19.4. The smallest absolute Gasteiger partial charge is 0.243 e. The van der Waals surface area contributed by atoms with Crippen LogP contribution < -0.4 is 10.6 Å². The van der Waals surface area contributed by atoms with Crippen molar-refractivity contribution in [1.29, 1.82) is 0 Å². The van der Waals surface area contributed by atoms with Crippen LogP contribution in [0.3, 0.4) is 0 Å². The van der Waals surface area contributed by atoms with E-state index < -0.39 is 0 Å². The van der Waals surface area contributed by atoms with Gasteiger partial charge in [0.1, 0.15) is 0 Å². The minimum absolute atomic E-state index is 0.0593. The maximum atomic E-state index is 12.0. The van der Waals surface area contributed by atoms with Crippen molar-refractivity contribution in [1.82, 2.24) is 15.1 Å². The molecule has 1 aromatic carbocycles. The minimum Gasteiger partial charge on any atom is -0.346 e. The van der Waals surface area contributed by atoms with Crippen molar-refractivity contribution in [3.05, 3.63) is 28.2 Å². The molecule has 0 spiro atoms. The summed E-state index contributed by atoms with van der Waals surface area (Å²) in [5.74, 6) is -0.400. The Bertz CT molecular complexity index is 657. The molecule has 0 saturated carbocycles. The van der Waals surface area contributed by atoms with Crippen molar-refractivity contribution >= 4 is 39.3 Å². The molecule has 136 valence electrons. The molecule has 0 unspecified atom stereocenters. The number of amides is 3. The Hall–Kier alpha value is -1.93. The van der Waals surface area contributed by atoms with Crippen molar-refractivity contribution in [2.45, 2.75) is 13.8 Å². The molecule has 1 fully saturated rings. The second kappa shape index (κ2) is 8.96. The molecule has 1 aliphatic rings. The van der Waals surface area contributed by atoms with E-state index in [1.54, 1.807) is 11.8 Å². The molecule has 0 bridgehead atoms. The summed E-state index contributed by atoms with van der Waals surface area (Å²) in [6.07, 6.45) is 0. The summed E-state index contributed by atoms with van der Waals surface area (Å²) in [4.78, 5) is 39.0. The zero-order chi connectivity index (χ0) is 18.4. The van der Waals surface area contributed by atoms with Gasteiger partial charge in [0.25, 0.3) is 0 Å². The van der Waals surface area contributed by atoms with Gasteiger partial charge in [0, 0.05) is 43.3 Å². The number of anilines is 1. The van der Waals surface area contributed by atoms with E-state index in [0.29, 0.717) is 26.2 Å². The second-order valence-corrected chi connectivity index (χ2v) is 6.98. The number of nitrogens with one attached hydrogen (secondary N) is 2. The van der Waals surface area contributed by atoms with Crippen LogP contribution in [-0.4, -0.2) is 66.8 Å². The Morgan fingerprint density at radius 2 is 1.80 bits per heavy atom. The number of carbonyl (C=O) groups excluding carboxylic acids is 3. The largest absolute Gasteiger partial charge is 0.346 e. The van der Waals surface area contributed by atoms with Gasteiger partial charge in [-0.3, -0.25) is 19.3 Å². The molecule has 0 radical (unpaired) electrons. The Kier molecular flexibility index (Phi) is 6.95. The van der Waals surface area contributed by atoms with Crippen LogP contribution in [0.1, 0.15) is 12.5 Å². The summed E-state index contributed by atoms with van der Waals surface area (Å²) >= 11 is 3.37. The molecule has 1 heterocycles. The summed E-state index contributed by atoms with van der Waals surface area (Å²) in [5, 5.41) is 5.41. The Morgan fingerprint density at radius 3 is 2.40 bits per heavy atom. The van der Waals surface area contributed by atoms with Gasteiger partial charge in [-0.05, 0) is 30.7 Å². The molecule has 1 saturated heterocycles. The summed E-state index contributed by atoms with van der Waals surface area (Å²) in [6, 6.07) is 5.57. The molecular formula is C17H23BrN4O3. The zero-order valence-electron chi connectivity index (χ0n) is 14.5. The lowest BCUT2D eigenvalue weighted by atomic mass is 10.2. The number of aryl methyl sites for hydroxylation is 1. The molecule has 0 aliphatic carbocycles. The Balaban J connectivity index is 1.71. The minimum atomic E-state index is -0.264. The normalized spacial score (nSPS) is 14.9. The number of carbonyl (C=O) groups is 3. The van der Waals surface area contributed by atoms with Crippen LogP contribution >= 0.6 is 15.9 Å². The first-order valence-electron chi connectivity index (χ1n) is 8.15. The van der Waals surface area contributed by atoms with Crippen LogP contribution in [-0.2, 0) is 14.4 Å². The van der Waals surface area contributed by atoms with Crippen LogP contribution in [0.25, 0.3) is 0 Å². The highest BCUT2D eigenvalue weighted by Crippen LogP contribution is 2.19. The Labute approximate surface area is 155 Å². The van der Waals surface area contributed by atoms with Gasteiger partial charge in [-0.25, -0.2) is 0 Å². The van der Waals surface area contributed by atoms with Gasteiger partial charge in [-0.15, -0.1) is 0 Å². The van der Waals surface area contributed by atoms with E-state index in [1.807, 2.05) is 30.0 Å². The number of hydrogen-bond acceptors (Lipinski definition) is 4. The number of rotatable bonds is 5. The van der Waals surface area contributed by atoms with E-state index in [0.717, 1.165) is 15.7 Å². The molecule has 25 heavy (non-hydrogen) atoms. The maximum absolute atomic E-state index is 12.0. The fraction of sp³-hybridized carbons (Fsp3) is 0.471. The van der Waals surface area contributed by atoms with E-state index >= 15 is 0 Å². The molecule has 7 nitrogen and oxygen atoms in total. The fourth-order valence-electron chi connectivity index (χ4n) is 2.62. The van der Waals surface area contributed by atoms with Gasteiger partial charge in [0.05, 0.1) is 13.1 Å². The van der Waals surface area contributed by atoms with E-state index in [2.05, 4.69) is 26.6 Å². The predicted molar refractivity (Wildman–Crippen MR) is 99.2 cm³/mol. The number of halogens is 1. The van der Waals surface area contributed by atoms with Gasteiger partial charge in [-0.2, -0.15) is 0 Å². The molecular weight excluding hydrogens is 388 g/mol. The SMILES string of the molecule is CC(=O)N1CCN(CC(=O)NCC(=O)Nc2ccc(Br)cc2C)CC1. The van der Waals surface area contributed by atoms with Crippen LogP contribution in [0.5, 0.6) is 0 Å². The zero-order valence-corrected chi connectivity index (χ0v) is 16.1. The second-order valence-electron chi connectivity index (χ2n) is 6.07. The average molecular weight is 411 g/mol. The summed E-state index contributed by atoms with van der Waals surface area (Å²) in [7, 11) is 0. The van der Waals surface area contributed by atoms with E-state index in [1.165, 1.54) is 0 Å². The summed E-state index contributed by atoms with van der Waals surface area (Å²) in [6.45, 7) is 6.21. The highest BCUT2D eigenvalue weighted by atomic mass is 79.9. The third-order valence-electron chi connectivity index (χ3n) is 4.09. The van der Waals surface area contributed by atoms with Gasteiger partial charge in [-0.1, -0.05) is 15.9 Å². The molecule has 0 atom stereocenters. The summed E-state index contributed by atoms with van der Waals surface area (Å²) in [5.41, 5.74) is 1.67.